The van der Waals surface area contributed by atoms with Crippen molar-refractivity contribution in [2.75, 3.05) is 0 Å². The van der Waals surface area contributed by atoms with Gasteiger partial charge in [-0.2, -0.15) is 0 Å². The largest absolute Gasteiger partial charge is 0.444 e. The number of benzene rings is 2. The third kappa shape index (κ3) is 5.58. The summed E-state index contributed by atoms with van der Waals surface area (Å²) in [5.41, 5.74) is 4.22. The molecule has 0 bridgehead atoms. The van der Waals surface area contributed by atoms with E-state index in [0.29, 0.717) is 12.5 Å². The highest BCUT2D eigenvalue weighted by Gasteiger charge is 2.15. The van der Waals surface area contributed by atoms with E-state index in [4.69, 9.17) is 4.74 Å². The van der Waals surface area contributed by atoms with Crippen molar-refractivity contribution >= 4 is 6.09 Å². The zero-order valence-corrected chi connectivity index (χ0v) is 16.2. The Bertz CT molecular complexity index is 859. The number of alkyl carbamates (subject to hydrolysis) is 1. The van der Waals surface area contributed by atoms with Crippen molar-refractivity contribution < 1.29 is 9.53 Å². The molecule has 27 heavy (non-hydrogen) atoms. The van der Waals surface area contributed by atoms with Gasteiger partial charge in [0.2, 0.25) is 0 Å². The zero-order valence-electron chi connectivity index (χ0n) is 16.2. The van der Waals surface area contributed by atoms with Gasteiger partial charge in [0, 0.05) is 12.5 Å². The number of nitrogens with one attached hydrogen (secondary N) is 1. The summed E-state index contributed by atoms with van der Waals surface area (Å²) in [6.07, 6.45) is 9.32. The van der Waals surface area contributed by atoms with Crippen LogP contribution in [0.2, 0.25) is 0 Å². The van der Waals surface area contributed by atoms with Crippen LogP contribution in [0.1, 0.15) is 44.2 Å². The Balaban J connectivity index is 1.71. The van der Waals surface area contributed by atoms with Gasteiger partial charge in [0.25, 0.3) is 0 Å². The molecular weight excluding hydrogens is 334 g/mol. The Morgan fingerprint density at radius 2 is 1.81 bits per heavy atom. The molecule has 3 nitrogen and oxygen atoms in total. The molecule has 0 radical (unpaired) electrons. The molecular formula is C24H27NO2. The molecule has 0 saturated carbocycles. The van der Waals surface area contributed by atoms with Crippen LogP contribution in [0, 0.1) is 0 Å². The lowest BCUT2D eigenvalue weighted by atomic mass is 9.90. The van der Waals surface area contributed by atoms with Crippen LogP contribution in [0.25, 0.3) is 11.1 Å². The minimum absolute atomic E-state index is 0.396. The second kappa shape index (κ2) is 8.26. The van der Waals surface area contributed by atoms with Gasteiger partial charge in [-0.15, -0.1) is 0 Å². The van der Waals surface area contributed by atoms with Gasteiger partial charge in [0.05, 0.1) is 0 Å². The van der Waals surface area contributed by atoms with E-state index in [2.05, 4.69) is 66.0 Å². The lowest BCUT2D eigenvalue weighted by Gasteiger charge is -2.19. The quantitative estimate of drug-likeness (QED) is 0.727. The molecule has 1 aliphatic carbocycles. The number of hydrogen-bond donors (Lipinski definition) is 1. The van der Waals surface area contributed by atoms with Gasteiger partial charge in [0.1, 0.15) is 5.60 Å². The molecule has 0 aromatic heterocycles. The Morgan fingerprint density at radius 1 is 1.07 bits per heavy atom. The second-order valence-electron chi connectivity index (χ2n) is 7.84. The highest BCUT2D eigenvalue weighted by atomic mass is 16.6. The molecule has 0 aliphatic heterocycles. The van der Waals surface area contributed by atoms with Crippen LogP contribution in [-0.4, -0.2) is 11.7 Å². The number of ether oxygens (including phenoxy) is 1. The zero-order chi connectivity index (χ0) is 19.3. The van der Waals surface area contributed by atoms with Gasteiger partial charge in [0.15, 0.2) is 0 Å². The molecule has 0 spiro atoms. The molecule has 2 aromatic rings. The van der Waals surface area contributed by atoms with Gasteiger partial charge in [-0.05, 0) is 55.5 Å². The summed E-state index contributed by atoms with van der Waals surface area (Å²) < 4.78 is 5.30. The highest BCUT2D eigenvalue weighted by Crippen LogP contribution is 2.29. The fourth-order valence-electron chi connectivity index (χ4n) is 3.13. The lowest BCUT2D eigenvalue weighted by Crippen LogP contribution is -2.32. The van der Waals surface area contributed by atoms with Crippen molar-refractivity contribution in [3.63, 3.8) is 0 Å². The maximum atomic E-state index is 11.9. The fourth-order valence-corrected chi connectivity index (χ4v) is 3.13. The molecule has 3 rings (SSSR count). The predicted octanol–water partition coefficient (Wildman–Crippen LogP) is 5.98. The third-order valence-corrected chi connectivity index (χ3v) is 4.39. The van der Waals surface area contributed by atoms with Crippen LogP contribution < -0.4 is 5.32 Å². The molecule has 3 heteroatoms. The maximum absolute atomic E-state index is 11.9. The van der Waals surface area contributed by atoms with Crippen molar-refractivity contribution in [1.29, 1.82) is 0 Å². The summed E-state index contributed by atoms with van der Waals surface area (Å²) in [5.74, 6) is 0.437. The van der Waals surface area contributed by atoms with E-state index in [1.54, 1.807) is 0 Å². The number of allylic oxidation sites excluding steroid dienone is 4. The normalized spacial score (nSPS) is 16.2. The summed E-state index contributed by atoms with van der Waals surface area (Å²) in [6, 6.07) is 16.9. The summed E-state index contributed by atoms with van der Waals surface area (Å²) in [6.45, 7) is 6.02. The smallest absolute Gasteiger partial charge is 0.407 e. The molecule has 1 atom stereocenters. The predicted molar refractivity (Wildman–Crippen MR) is 111 cm³/mol. The molecule has 140 valence electrons. The fraction of sp³-hybridized carbons (Fsp3) is 0.292. The van der Waals surface area contributed by atoms with Crippen molar-refractivity contribution in [1.82, 2.24) is 5.32 Å². The van der Waals surface area contributed by atoms with E-state index in [1.165, 1.54) is 11.1 Å². The summed E-state index contributed by atoms with van der Waals surface area (Å²) in [4.78, 5) is 11.9. The first-order valence-corrected chi connectivity index (χ1v) is 9.40. The Morgan fingerprint density at radius 3 is 2.52 bits per heavy atom. The summed E-state index contributed by atoms with van der Waals surface area (Å²) >= 11 is 0. The van der Waals surface area contributed by atoms with Crippen molar-refractivity contribution in [3.8, 4) is 11.1 Å². The van der Waals surface area contributed by atoms with Crippen LogP contribution in [0.5, 0.6) is 0 Å². The number of hydrogen-bond acceptors (Lipinski definition) is 2. The van der Waals surface area contributed by atoms with Crippen molar-refractivity contribution in [2.24, 2.45) is 0 Å². The van der Waals surface area contributed by atoms with E-state index >= 15 is 0 Å². The molecule has 1 N–H and O–H groups in total. The van der Waals surface area contributed by atoms with Gasteiger partial charge >= 0.3 is 6.09 Å². The monoisotopic (exact) mass is 361 g/mol. The molecule has 0 saturated heterocycles. The first-order chi connectivity index (χ1) is 12.9. The average Bonchev–Trinajstić information content (AvgIpc) is 2.66. The SMILES string of the molecule is CC(C)(C)OC(=O)NCc1cccc(-c2cccc(C3C=CC=CC3)c2)c1. The van der Waals surface area contributed by atoms with E-state index in [0.717, 1.165) is 17.5 Å². The molecule has 1 aliphatic rings. The number of carbonyl (C=O) groups excluding carboxylic acids is 1. The standard InChI is InChI=1S/C24H27NO2/c1-24(2,3)27-23(26)25-17-18-9-7-12-20(15-18)22-14-8-13-21(16-22)19-10-5-4-6-11-19/h4-10,12-16,19H,11,17H2,1-3H3,(H,25,26). The Kier molecular flexibility index (Phi) is 5.80. The minimum atomic E-state index is -0.491. The van der Waals surface area contributed by atoms with E-state index in [-0.39, 0.29) is 0 Å². The average molecular weight is 361 g/mol. The van der Waals surface area contributed by atoms with E-state index in [1.807, 2.05) is 32.9 Å². The maximum Gasteiger partial charge on any atom is 0.407 e. The van der Waals surface area contributed by atoms with Crippen LogP contribution in [0.15, 0.2) is 72.8 Å². The first kappa shape index (κ1) is 19.0. The van der Waals surface area contributed by atoms with Crippen LogP contribution >= 0.6 is 0 Å². The summed E-state index contributed by atoms with van der Waals surface area (Å²) in [7, 11) is 0. The third-order valence-electron chi connectivity index (χ3n) is 4.39. The lowest BCUT2D eigenvalue weighted by molar-refractivity contribution is 0.0523. The molecule has 1 unspecified atom stereocenters. The van der Waals surface area contributed by atoms with Gasteiger partial charge in [-0.1, -0.05) is 66.8 Å². The number of carbonyl (C=O) groups is 1. The molecule has 2 aromatic carbocycles. The van der Waals surface area contributed by atoms with Crippen molar-refractivity contribution in [2.45, 2.75) is 45.3 Å². The minimum Gasteiger partial charge on any atom is -0.444 e. The molecule has 0 fully saturated rings. The van der Waals surface area contributed by atoms with Crippen LogP contribution in [0.3, 0.4) is 0 Å². The van der Waals surface area contributed by atoms with Crippen molar-refractivity contribution in [3.05, 3.63) is 84.0 Å². The number of rotatable bonds is 4. The van der Waals surface area contributed by atoms with E-state index < -0.39 is 11.7 Å². The number of amides is 1. The van der Waals surface area contributed by atoms with Crippen LogP contribution in [-0.2, 0) is 11.3 Å². The van der Waals surface area contributed by atoms with Gasteiger partial charge in [-0.25, -0.2) is 4.79 Å². The second-order valence-corrected chi connectivity index (χ2v) is 7.84. The van der Waals surface area contributed by atoms with Gasteiger partial charge < -0.3 is 10.1 Å². The summed E-state index contributed by atoms with van der Waals surface area (Å²) in [5, 5.41) is 2.82. The Hall–Kier alpha value is -2.81. The molecule has 0 heterocycles. The van der Waals surface area contributed by atoms with Gasteiger partial charge in [-0.3, -0.25) is 0 Å². The Labute approximate surface area is 161 Å². The van der Waals surface area contributed by atoms with Crippen LogP contribution in [0.4, 0.5) is 4.79 Å². The molecule has 1 amide bonds. The highest BCUT2D eigenvalue weighted by molar-refractivity contribution is 5.68. The van der Waals surface area contributed by atoms with E-state index in [9.17, 15) is 4.79 Å². The topological polar surface area (TPSA) is 38.3 Å². The first-order valence-electron chi connectivity index (χ1n) is 9.40.